The van der Waals surface area contributed by atoms with Crippen molar-refractivity contribution in [2.24, 2.45) is 0 Å². The van der Waals surface area contributed by atoms with Crippen molar-refractivity contribution in [1.29, 1.82) is 0 Å². The van der Waals surface area contributed by atoms with Gasteiger partial charge in [-0.15, -0.1) is 0 Å². The fraction of sp³-hybridized carbons (Fsp3) is 0.500. The second kappa shape index (κ2) is 6.40. The fourth-order valence-electron chi connectivity index (χ4n) is 1.64. The molecule has 0 bridgehead atoms. The first kappa shape index (κ1) is 14.5. The van der Waals surface area contributed by atoms with Gasteiger partial charge in [0, 0.05) is 6.42 Å². The Morgan fingerprint density at radius 2 is 2.06 bits per heavy atom. The van der Waals surface area contributed by atoms with E-state index < -0.39 is 5.54 Å². The summed E-state index contributed by atoms with van der Waals surface area (Å²) in [6.07, 6.45) is 1.00. The largest absolute Gasteiger partial charge is 0.496 e. The number of hydrogen-bond acceptors (Lipinski definition) is 3. The molecule has 1 rings (SSSR count). The number of nitrogens with one attached hydrogen (secondary N) is 1. The zero-order valence-corrected chi connectivity index (χ0v) is 11.2. The molecule has 2 N–H and O–H groups in total. The molecule has 0 aromatic heterocycles. The molecule has 0 aliphatic rings. The minimum Gasteiger partial charge on any atom is -0.496 e. The summed E-state index contributed by atoms with van der Waals surface area (Å²) in [5.41, 5.74) is 0.439. The van der Waals surface area contributed by atoms with Gasteiger partial charge in [0.05, 0.1) is 19.3 Å². The number of carbonyl (C=O) groups is 1. The van der Waals surface area contributed by atoms with Crippen LogP contribution in [0.4, 0.5) is 0 Å². The van der Waals surface area contributed by atoms with Crippen LogP contribution in [0.2, 0.25) is 0 Å². The lowest BCUT2D eigenvalue weighted by Gasteiger charge is -2.23. The van der Waals surface area contributed by atoms with E-state index in [0.29, 0.717) is 12.8 Å². The van der Waals surface area contributed by atoms with Gasteiger partial charge in [0.15, 0.2) is 0 Å². The predicted molar refractivity (Wildman–Crippen MR) is 70.6 cm³/mol. The molecule has 0 radical (unpaired) electrons. The molecule has 4 heteroatoms. The monoisotopic (exact) mass is 251 g/mol. The van der Waals surface area contributed by atoms with Crippen molar-refractivity contribution in [3.63, 3.8) is 0 Å². The number of aryl methyl sites for hydroxylation is 1. The van der Waals surface area contributed by atoms with Crippen LogP contribution in [0.1, 0.15) is 25.8 Å². The molecule has 0 aliphatic heterocycles. The third-order valence-electron chi connectivity index (χ3n) is 2.69. The van der Waals surface area contributed by atoms with Gasteiger partial charge in [0.25, 0.3) is 0 Å². The highest BCUT2D eigenvalue weighted by atomic mass is 16.5. The van der Waals surface area contributed by atoms with E-state index in [9.17, 15) is 4.79 Å². The SMILES string of the molecule is COc1ccccc1CCC(=O)NC(C)(C)CO. The number of carbonyl (C=O) groups excluding carboxylic acids is 1. The lowest BCUT2D eigenvalue weighted by Crippen LogP contribution is -2.46. The van der Waals surface area contributed by atoms with Crippen LogP contribution in [-0.2, 0) is 11.2 Å². The molecule has 4 nitrogen and oxygen atoms in total. The molecule has 0 saturated carbocycles. The molecule has 100 valence electrons. The average molecular weight is 251 g/mol. The number of hydrogen-bond donors (Lipinski definition) is 2. The second-order valence-corrected chi connectivity index (χ2v) is 4.90. The van der Waals surface area contributed by atoms with Gasteiger partial charge in [-0.25, -0.2) is 0 Å². The molecule has 18 heavy (non-hydrogen) atoms. The van der Waals surface area contributed by atoms with E-state index in [1.54, 1.807) is 21.0 Å². The first-order chi connectivity index (χ1) is 8.48. The third kappa shape index (κ3) is 4.37. The molecule has 0 fully saturated rings. The Morgan fingerprint density at radius 3 is 2.67 bits per heavy atom. The maximum Gasteiger partial charge on any atom is 0.220 e. The summed E-state index contributed by atoms with van der Waals surface area (Å²) < 4.78 is 5.23. The third-order valence-corrected chi connectivity index (χ3v) is 2.69. The molecule has 0 atom stereocenters. The molecule has 0 aliphatic carbocycles. The van der Waals surface area contributed by atoms with Gasteiger partial charge in [-0.05, 0) is 31.9 Å². The van der Waals surface area contributed by atoms with Crippen LogP contribution in [0, 0.1) is 0 Å². The van der Waals surface area contributed by atoms with Crippen molar-refractivity contribution in [2.45, 2.75) is 32.2 Å². The highest BCUT2D eigenvalue weighted by Gasteiger charge is 2.18. The van der Waals surface area contributed by atoms with E-state index in [1.165, 1.54) is 0 Å². The highest BCUT2D eigenvalue weighted by Crippen LogP contribution is 2.18. The average Bonchev–Trinajstić information content (AvgIpc) is 2.36. The fourth-order valence-corrected chi connectivity index (χ4v) is 1.64. The maximum atomic E-state index is 11.7. The Bertz CT molecular complexity index is 402. The van der Waals surface area contributed by atoms with Gasteiger partial charge in [-0.2, -0.15) is 0 Å². The quantitative estimate of drug-likeness (QED) is 0.806. The summed E-state index contributed by atoms with van der Waals surface area (Å²) in [6.45, 7) is 3.50. The molecule has 1 amide bonds. The van der Waals surface area contributed by atoms with Gasteiger partial charge >= 0.3 is 0 Å². The summed E-state index contributed by atoms with van der Waals surface area (Å²) >= 11 is 0. The molecule has 0 heterocycles. The van der Waals surface area contributed by atoms with Gasteiger partial charge in [-0.3, -0.25) is 4.79 Å². The Kier molecular flexibility index (Phi) is 5.16. The Labute approximate surface area is 108 Å². The molecule has 0 unspecified atom stereocenters. The molecule has 1 aromatic carbocycles. The summed E-state index contributed by atoms with van der Waals surface area (Å²) in [5.74, 6) is 0.728. The zero-order chi connectivity index (χ0) is 13.6. The van der Waals surface area contributed by atoms with Crippen LogP contribution in [0.3, 0.4) is 0 Å². The van der Waals surface area contributed by atoms with E-state index in [4.69, 9.17) is 9.84 Å². The van der Waals surface area contributed by atoms with Crippen molar-refractivity contribution in [3.8, 4) is 5.75 Å². The molecule has 0 spiro atoms. The predicted octanol–water partition coefficient (Wildman–Crippen LogP) is 1.51. The maximum absolute atomic E-state index is 11.7. The Balaban J connectivity index is 2.52. The summed E-state index contributed by atoms with van der Waals surface area (Å²) in [4.78, 5) is 11.7. The summed E-state index contributed by atoms with van der Waals surface area (Å²) in [5, 5.41) is 11.9. The van der Waals surface area contributed by atoms with Crippen LogP contribution >= 0.6 is 0 Å². The first-order valence-electron chi connectivity index (χ1n) is 6.02. The Morgan fingerprint density at radius 1 is 1.39 bits per heavy atom. The van der Waals surface area contributed by atoms with Crippen molar-refractivity contribution in [2.75, 3.05) is 13.7 Å². The minimum absolute atomic E-state index is 0.0695. The van der Waals surface area contributed by atoms with E-state index in [1.807, 2.05) is 24.3 Å². The van der Waals surface area contributed by atoms with Gasteiger partial charge in [-0.1, -0.05) is 18.2 Å². The topological polar surface area (TPSA) is 58.6 Å². The number of para-hydroxylation sites is 1. The van der Waals surface area contributed by atoms with Gasteiger partial charge < -0.3 is 15.2 Å². The van der Waals surface area contributed by atoms with Crippen LogP contribution in [-0.4, -0.2) is 30.3 Å². The van der Waals surface area contributed by atoms with Gasteiger partial charge in [0.1, 0.15) is 5.75 Å². The van der Waals surface area contributed by atoms with Crippen molar-refractivity contribution in [1.82, 2.24) is 5.32 Å². The van der Waals surface area contributed by atoms with Crippen molar-refractivity contribution in [3.05, 3.63) is 29.8 Å². The van der Waals surface area contributed by atoms with Crippen LogP contribution in [0.5, 0.6) is 5.75 Å². The van der Waals surface area contributed by atoms with Crippen molar-refractivity contribution < 1.29 is 14.6 Å². The highest BCUT2D eigenvalue weighted by molar-refractivity contribution is 5.77. The number of aliphatic hydroxyl groups excluding tert-OH is 1. The van der Waals surface area contributed by atoms with E-state index >= 15 is 0 Å². The van der Waals surface area contributed by atoms with Crippen LogP contribution in [0.15, 0.2) is 24.3 Å². The van der Waals surface area contributed by atoms with E-state index in [0.717, 1.165) is 11.3 Å². The number of methoxy groups -OCH3 is 1. The summed E-state index contributed by atoms with van der Waals surface area (Å²) in [6, 6.07) is 7.65. The lowest BCUT2D eigenvalue weighted by molar-refractivity contribution is -0.123. The number of aliphatic hydroxyl groups is 1. The minimum atomic E-state index is -0.572. The number of benzene rings is 1. The van der Waals surface area contributed by atoms with Crippen molar-refractivity contribution >= 4 is 5.91 Å². The van der Waals surface area contributed by atoms with Crippen LogP contribution in [0.25, 0.3) is 0 Å². The molecule has 0 saturated heterocycles. The molecule has 1 aromatic rings. The van der Waals surface area contributed by atoms with E-state index in [2.05, 4.69) is 5.32 Å². The first-order valence-corrected chi connectivity index (χ1v) is 6.02. The van der Waals surface area contributed by atoms with Gasteiger partial charge in [0.2, 0.25) is 5.91 Å². The lowest BCUT2D eigenvalue weighted by atomic mass is 10.1. The van der Waals surface area contributed by atoms with Crippen LogP contribution < -0.4 is 10.1 Å². The smallest absolute Gasteiger partial charge is 0.220 e. The standard InChI is InChI=1S/C14H21NO3/c1-14(2,10-16)15-13(17)9-8-11-6-4-5-7-12(11)18-3/h4-7,16H,8-10H2,1-3H3,(H,15,17). The zero-order valence-electron chi connectivity index (χ0n) is 11.2. The normalized spacial score (nSPS) is 11.1. The molecular formula is C14H21NO3. The number of amides is 1. The number of ether oxygens (including phenoxy) is 1. The second-order valence-electron chi connectivity index (χ2n) is 4.90. The number of rotatable bonds is 6. The summed E-state index contributed by atoms with van der Waals surface area (Å²) in [7, 11) is 1.62. The Hall–Kier alpha value is -1.55. The van der Waals surface area contributed by atoms with E-state index in [-0.39, 0.29) is 12.5 Å². The molecular weight excluding hydrogens is 230 g/mol.